The molecule has 0 bridgehead atoms. The van der Waals surface area contributed by atoms with Crippen molar-refractivity contribution in [2.75, 3.05) is 27.7 Å². The molecular formula is C12H18BrNO2. The minimum atomic E-state index is -0.377. The summed E-state index contributed by atoms with van der Waals surface area (Å²) in [5.74, 6) is 0.820. The van der Waals surface area contributed by atoms with Crippen molar-refractivity contribution in [3.05, 3.63) is 28.2 Å². The van der Waals surface area contributed by atoms with Crippen molar-refractivity contribution in [2.24, 2.45) is 0 Å². The maximum atomic E-state index is 9.87. The largest absolute Gasteiger partial charge is 0.496 e. The van der Waals surface area contributed by atoms with Crippen LogP contribution in [0.25, 0.3) is 0 Å². The molecule has 3 nitrogen and oxygen atoms in total. The summed E-state index contributed by atoms with van der Waals surface area (Å²) < 4.78 is 6.26. The van der Waals surface area contributed by atoms with E-state index in [0.29, 0.717) is 13.0 Å². The van der Waals surface area contributed by atoms with Gasteiger partial charge in [0.15, 0.2) is 0 Å². The summed E-state index contributed by atoms with van der Waals surface area (Å²) in [4.78, 5) is 1.97. The highest BCUT2D eigenvalue weighted by atomic mass is 79.9. The molecule has 1 N–H and O–H groups in total. The molecule has 0 aliphatic heterocycles. The molecule has 0 aromatic heterocycles. The Morgan fingerprint density at radius 2 is 2.12 bits per heavy atom. The Morgan fingerprint density at radius 1 is 1.44 bits per heavy atom. The molecule has 0 fully saturated rings. The fraction of sp³-hybridized carbons (Fsp3) is 0.500. The highest BCUT2D eigenvalue weighted by Crippen LogP contribution is 2.24. The third-order valence-electron chi connectivity index (χ3n) is 2.27. The van der Waals surface area contributed by atoms with Gasteiger partial charge in [0, 0.05) is 17.4 Å². The summed E-state index contributed by atoms with van der Waals surface area (Å²) in [5, 5.41) is 9.87. The van der Waals surface area contributed by atoms with E-state index in [2.05, 4.69) is 15.9 Å². The maximum absolute atomic E-state index is 9.87. The molecule has 90 valence electrons. The van der Waals surface area contributed by atoms with Crippen LogP contribution in [0.5, 0.6) is 5.75 Å². The average Bonchev–Trinajstić information content (AvgIpc) is 2.16. The van der Waals surface area contributed by atoms with Gasteiger partial charge >= 0.3 is 0 Å². The van der Waals surface area contributed by atoms with Gasteiger partial charge in [-0.2, -0.15) is 0 Å². The first kappa shape index (κ1) is 13.5. The van der Waals surface area contributed by atoms with Crippen LogP contribution in [0.1, 0.15) is 5.56 Å². The standard InChI is InChI=1S/C12H18BrNO2/c1-14(2)8-11(15)7-9-6-10(13)4-5-12(9)16-3/h4-6,11,15H,7-8H2,1-3H3. The minimum Gasteiger partial charge on any atom is -0.496 e. The molecule has 0 amide bonds. The zero-order chi connectivity index (χ0) is 12.1. The van der Waals surface area contributed by atoms with Gasteiger partial charge in [-0.25, -0.2) is 0 Å². The molecule has 1 aromatic carbocycles. The number of nitrogens with zero attached hydrogens (tertiary/aromatic N) is 1. The molecule has 0 radical (unpaired) electrons. The Morgan fingerprint density at radius 3 is 2.69 bits per heavy atom. The topological polar surface area (TPSA) is 32.7 Å². The molecule has 1 aromatic rings. The first-order chi connectivity index (χ1) is 7.52. The van der Waals surface area contributed by atoms with Crippen molar-refractivity contribution >= 4 is 15.9 Å². The second-order valence-electron chi connectivity index (χ2n) is 4.08. The molecule has 0 aliphatic rings. The van der Waals surface area contributed by atoms with E-state index in [-0.39, 0.29) is 6.10 Å². The fourth-order valence-corrected chi connectivity index (χ4v) is 2.06. The van der Waals surface area contributed by atoms with E-state index >= 15 is 0 Å². The average molecular weight is 288 g/mol. The lowest BCUT2D eigenvalue weighted by Gasteiger charge is -2.17. The van der Waals surface area contributed by atoms with Crippen molar-refractivity contribution in [1.82, 2.24) is 4.90 Å². The number of aliphatic hydroxyl groups is 1. The van der Waals surface area contributed by atoms with Crippen LogP contribution in [0.2, 0.25) is 0 Å². The summed E-state index contributed by atoms with van der Waals surface area (Å²) in [5.41, 5.74) is 1.02. The van der Waals surface area contributed by atoms with E-state index in [1.54, 1.807) is 7.11 Å². The lowest BCUT2D eigenvalue weighted by molar-refractivity contribution is 0.136. The number of ether oxygens (including phenoxy) is 1. The molecule has 4 heteroatoms. The monoisotopic (exact) mass is 287 g/mol. The lowest BCUT2D eigenvalue weighted by Crippen LogP contribution is -2.27. The number of likely N-dealkylation sites (N-methyl/N-ethyl adjacent to an activating group) is 1. The first-order valence-corrected chi connectivity index (χ1v) is 5.97. The van der Waals surface area contributed by atoms with Crippen molar-refractivity contribution in [1.29, 1.82) is 0 Å². The van der Waals surface area contributed by atoms with E-state index < -0.39 is 0 Å². The summed E-state index contributed by atoms with van der Waals surface area (Å²) in [6, 6.07) is 5.82. The van der Waals surface area contributed by atoms with Gasteiger partial charge in [0.2, 0.25) is 0 Å². The van der Waals surface area contributed by atoms with Crippen LogP contribution in [0.4, 0.5) is 0 Å². The number of hydrogen-bond donors (Lipinski definition) is 1. The first-order valence-electron chi connectivity index (χ1n) is 5.18. The number of halogens is 1. The van der Waals surface area contributed by atoms with Crippen molar-refractivity contribution in [2.45, 2.75) is 12.5 Å². The van der Waals surface area contributed by atoms with Crippen LogP contribution in [0.3, 0.4) is 0 Å². The van der Waals surface area contributed by atoms with Gasteiger partial charge in [-0.15, -0.1) is 0 Å². The van der Waals surface area contributed by atoms with E-state index in [0.717, 1.165) is 15.8 Å². The highest BCUT2D eigenvalue weighted by Gasteiger charge is 2.11. The Hall–Kier alpha value is -0.580. The Bertz CT molecular complexity index is 342. The Kier molecular flexibility index (Phi) is 5.25. The van der Waals surface area contributed by atoms with Crippen molar-refractivity contribution in [3.63, 3.8) is 0 Å². The van der Waals surface area contributed by atoms with Gasteiger partial charge in [0.25, 0.3) is 0 Å². The summed E-state index contributed by atoms with van der Waals surface area (Å²) in [6.07, 6.45) is 0.221. The zero-order valence-electron chi connectivity index (χ0n) is 9.90. The minimum absolute atomic E-state index is 0.377. The smallest absolute Gasteiger partial charge is 0.122 e. The van der Waals surface area contributed by atoms with Crippen LogP contribution < -0.4 is 4.74 Å². The van der Waals surface area contributed by atoms with Gasteiger partial charge in [-0.1, -0.05) is 15.9 Å². The number of rotatable bonds is 5. The summed E-state index contributed by atoms with van der Waals surface area (Å²) in [6.45, 7) is 0.648. The number of benzene rings is 1. The second-order valence-corrected chi connectivity index (χ2v) is 4.99. The van der Waals surface area contributed by atoms with Gasteiger partial charge < -0.3 is 14.7 Å². The second kappa shape index (κ2) is 6.23. The number of methoxy groups -OCH3 is 1. The Labute approximate surface area is 105 Å². The van der Waals surface area contributed by atoms with Crippen LogP contribution in [-0.4, -0.2) is 43.9 Å². The fourth-order valence-electron chi connectivity index (χ4n) is 1.65. The SMILES string of the molecule is COc1ccc(Br)cc1CC(O)CN(C)C. The quantitative estimate of drug-likeness (QED) is 0.898. The van der Waals surface area contributed by atoms with Crippen LogP contribution in [-0.2, 0) is 6.42 Å². The summed E-state index contributed by atoms with van der Waals surface area (Å²) in [7, 11) is 5.54. The van der Waals surface area contributed by atoms with E-state index in [9.17, 15) is 5.11 Å². The van der Waals surface area contributed by atoms with Crippen LogP contribution in [0.15, 0.2) is 22.7 Å². The van der Waals surface area contributed by atoms with Crippen molar-refractivity contribution in [3.8, 4) is 5.75 Å². The van der Waals surface area contributed by atoms with Gasteiger partial charge in [-0.05, 0) is 37.9 Å². The van der Waals surface area contributed by atoms with Gasteiger partial charge in [0.05, 0.1) is 13.2 Å². The molecular weight excluding hydrogens is 270 g/mol. The zero-order valence-corrected chi connectivity index (χ0v) is 11.5. The predicted octanol–water partition coefficient (Wildman–Crippen LogP) is 1.92. The number of hydrogen-bond acceptors (Lipinski definition) is 3. The number of aliphatic hydroxyl groups excluding tert-OH is 1. The molecule has 1 unspecified atom stereocenters. The van der Waals surface area contributed by atoms with E-state index in [1.165, 1.54) is 0 Å². The Balaban J connectivity index is 2.74. The van der Waals surface area contributed by atoms with Gasteiger partial charge in [0.1, 0.15) is 5.75 Å². The third kappa shape index (κ3) is 4.12. The molecule has 1 atom stereocenters. The van der Waals surface area contributed by atoms with E-state index in [4.69, 9.17) is 4.74 Å². The predicted molar refractivity (Wildman–Crippen MR) is 69.0 cm³/mol. The van der Waals surface area contributed by atoms with Gasteiger partial charge in [-0.3, -0.25) is 0 Å². The molecule has 0 aliphatic carbocycles. The molecule has 0 heterocycles. The van der Waals surface area contributed by atoms with Crippen molar-refractivity contribution < 1.29 is 9.84 Å². The molecule has 16 heavy (non-hydrogen) atoms. The lowest BCUT2D eigenvalue weighted by atomic mass is 10.1. The summed E-state index contributed by atoms with van der Waals surface area (Å²) >= 11 is 3.42. The molecule has 1 rings (SSSR count). The molecule has 0 saturated carbocycles. The highest BCUT2D eigenvalue weighted by molar-refractivity contribution is 9.10. The van der Waals surface area contributed by atoms with Crippen LogP contribution >= 0.6 is 15.9 Å². The third-order valence-corrected chi connectivity index (χ3v) is 2.77. The molecule has 0 spiro atoms. The normalized spacial score (nSPS) is 12.9. The molecule has 0 saturated heterocycles. The van der Waals surface area contributed by atoms with Crippen LogP contribution in [0, 0.1) is 0 Å². The maximum Gasteiger partial charge on any atom is 0.122 e. The van der Waals surface area contributed by atoms with E-state index in [1.807, 2.05) is 37.2 Å².